The number of ether oxygens (including phenoxy) is 1. The molecule has 0 aliphatic heterocycles. The number of hydrogen-bond acceptors (Lipinski definition) is 5. The topological polar surface area (TPSA) is 89.0 Å². The number of methoxy groups -OCH3 is 1. The summed E-state index contributed by atoms with van der Waals surface area (Å²) in [6.45, 7) is 0.443. The van der Waals surface area contributed by atoms with Gasteiger partial charge in [-0.25, -0.2) is 4.79 Å². The number of nitrogens with one attached hydrogen (secondary N) is 2. The average Bonchev–Trinajstić information content (AvgIpc) is 3.17. The predicted octanol–water partition coefficient (Wildman–Crippen LogP) is 3.77. The van der Waals surface area contributed by atoms with Crippen LogP contribution in [0.4, 0.5) is 5.69 Å². The van der Waals surface area contributed by atoms with Crippen molar-refractivity contribution in [3.8, 4) is 5.69 Å². The molecule has 2 N–H and O–H groups in total. The van der Waals surface area contributed by atoms with Gasteiger partial charge in [0.1, 0.15) is 5.02 Å². The first-order valence-corrected chi connectivity index (χ1v) is 9.22. The van der Waals surface area contributed by atoms with Crippen LogP contribution < -0.4 is 10.9 Å². The summed E-state index contributed by atoms with van der Waals surface area (Å²) in [6, 6.07) is 16.5. The van der Waals surface area contributed by atoms with Gasteiger partial charge < -0.3 is 15.0 Å². The first-order valence-electron chi connectivity index (χ1n) is 8.84. The summed E-state index contributed by atoms with van der Waals surface area (Å²) in [7, 11) is 1.28. The Morgan fingerprint density at radius 3 is 2.76 bits per heavy atom. The van der Waals surface area contributed by atoms with E-state index < -0.39 is 11.5 Å². The maximum Gasteiger partial charge on any atom is 0.340 e. The van der Waals surface area contributed by atoms with Gasteiger partial charge in [0.15, 0.2) is 0 Å². The first-order chi connectivity index (χ1) is 14.1. The number of carbonyl (C=O) groups excluding carboxylic acids is 1. The van der Waals surface area contributed by atoms with Crippen molar-refractivity contribution in [2.45, 2.75) is 6.54 Å². The van der Waals surface area contributed by atoms with Crippen molar-refractivity contribution < 1.29 is 9.53 Å². The van der Waals surface area contributed by atoms with Gasteiger partial charge in [-0.1, -0.05) is 41.9 Å². The molecule has 0 amide bonds. The smallest absolute Gasteiger partial charge is 0.340 e. The Bertz CT molecular complexity index is 1230. The molecular weight excluding hydrogens is 392 g/mol. The van der Waals surface area contributed by atoms with E-state index in [2.05, 4.69) is 15.4 Å². The number of halogens is 1. The lowest BCUT2D eigenvalue weighted by Gasteiger charge is -2.12. The van der Waals surface area contributed by atoms with E-state index in [1.165, 1.54) is 13.3 Å². The van der Waals surface area contributed by atoms with Crippen LogP contribution in [0.1, 0.15) is 16.1 Å². The monoisotopic (exact) mass is 408 g/mol. The number of H-pyrrole nitrogens is 1. The second-order valence-electron chi connectivity index (χ2n) is 6.33. The summed E-state index contributed by atoms with van der Waals surface area (Å²) >= 11 is 6.30. The molecule has 0 aliphatic carbocycles. The van der Waals surface area contributed by atoms with Gasteiger partial charge >= 0.3 is 5.97 Å². The highest BCUT2D eigenvalue weighted by Crippen LogP contribution is 2.21. The molecule has 2 aromatic carbocycles. The maximum absolute atomic E-state index is 12.8. The minimum Gasteiger partial charge on any atom is -0.465 e. The molecule has 0 unspecified atom stereocenters. The largest absolute Gasteiger partial charge is 0.465 e. The second kappa shape index (κ2) is 7.81. The average molecular weight is 409 g/mol. The van der Waals surface area contributed by atoms with Crippen molar-refractivity contribution in [3.63, 3.8) is 0 Å². The van der Waals surface area contributed by atoms with Crippen LogP contribution in [-0.2, 0) is 11.3 Å². The van der Waals surface area contributed by atoms with E-state index in [4.69, 9.17) is 16.3 Å². The van der Waals surface area contributed by atoms with Gasteiger partial charge in [0.05, 0.1) is 36.8 Å². The van der Waals surface area contributed by atoms with Crippen LogP contribution in [0.3, 0.4) is 0 Å². The molecule has 4 aromatic rings. The standard InChI is InChI=1S/C21H17ClN4O3/c1-29-21(28)15-7-3-5-9-18(15)26-20(27)19(22)17(12-24-26)23-11-14-10-13-6-2-4-8-16(13)25-14/h2-10,12,23,25H,11H2,1H3. The summed E-state index contributed by atoms with van der Waals surface area (Å²) in [6.07, 6.45) is 1.46. The lowest BCUT2D eigenvalue weighted by Crippen LogP contribution is -2.24. The van der Waals surface area contributed by atoms with Gasteiger partial charge in [0.25, 0.3) is 5.56 Å². The molecule has 0 fully saturated rings. The molecule has 0 atom stereocenters. The molecular formula is C21H17ClN4O3. The third kappa shape index (κ3) is 3.60. The van der Waals surface area contributed by atoms with Gasteiger partial charge in [0.2, 0.25) is 0 Å². The molecule has 0 aliphatic rings. The molecule has 2 heterocycles. The highest BCUT2D eigenvalue weighted by Gasteiger charge is 2.17. The Balaban J connectivity index is 1.63. The molecule has 0 bridgehead atoms. The Kier molecular flexibility index (Phi) is 5.05. The summed E-state index contributed by atoms with van der Waals surface area (Å²) in [5.41, 5.74) is 2.37. The van der Waals surface area contributed by atoms with Crippen LogP contribution in [-0.4, -0.2) is 27.8 Å². The Morgan fingerprint density at radius 2 is 1.97 bits per heavy atom. The number of fused-ring (bicyclic) bond motifs is 1. The van der Waals surface area contributed by atoms with E-state index in [0.29, 0.717) is 17.9 Å². The van der Waals surface area contributed by atoms with Crippen LogP contribution in [0.5, 0.6) is 0 Å². The van der Waals surface area contributed by atoms with E-state index in [9.17, 15) is 9.59 Å². The quantitative estimate of drug-likeness (QED) is 0.491. The second-order valence-corrected chi connectivity index (χ2v) is 6.71. The number of rotatable bonds is 5. The van der Waals surface area contributed by atoms with E-state index in [1.54, 1.807) is 24.3 Å². The van der Waals surface area contributed by atoms with Gasteiger partial charge in [-0.3, -0.25) is 4.79 Å². The Morgan fingerprint density at radius 1 is 1.21 bits per heavy atom. The molecule has 8 heteroatoms. The van der Waals surface area contributed by atoms with Crippen LogP contribution in [0.15, 0.2) is 65.6 Å². The van der Waals surface area contributed by atoms with Crippen LogP contribution >= 0.6 is 11.6 Å². The minimum atomic E-state index is -0.563. The highest BCUT2D eigenvalue weighted by molar-refractivity contribution is 6.33. The number of aromatic nitrogens is 3. The van der Waals surface area contributed by atoms with Gasteiger partial charge in [0, 0.05) is 11.2 Å². The number of nitrogens with zero attached hydrogens (tertiary/aromatic N) is 2. The number of esters is 1. The zero-order chi connectivity index (χ0) is 20.4. The maximum atomic E-state index is 12.8. The molecule has 0 spiro atoms. The van der Waals surface area contributed by atoms with Crippen molar-refractivity contribution in [1.82, 2.24) is 14.8 Å². The molecule has 29 heavy (non-hydrogen) atoms. The molecule has 0 radical (unpaired) electrons. The van der Waals surface area contributed by atoms with Crippen molar-refractivity contribution in [3.05, 3.63) is 87.4 Å². The van der Waals surface area contributed by atoms with Crippen molar-refractivity contribution in [2.24, 2.45) is 0 Å². The zero-order valence-electron chi connectivity index (χ0n) is 15.5. The van der Waals surface area contributed by atoms with Crippen molar-refractivity contribution in [2.75, 3.05) is 12.4 Å². The fraction of sp³-hybridized carbons (Fsp3) is 0.0952. The number of hydrogen-bond donors (Lipinski definition) is 2. The van der Waals surface area contributed by atoms with Gasteiger partial charge in [-0.15, -0.1) is 0 Å². The first kappa shape index (κ1) is 18.8. The number of aromatic amines is 1. The fourth-order valence-corrected chi connectivity index (χ4v) is 3.28. The lowest BCUT2D eigenvalue weighted by atomic mass is 10.2. The van der Waals surface area contributed by atoms with Crippen LogP contribution in [0, 0.1) is 0 Å². The molecule has 0 saturated carbocycles. The van der Waals surface area contributed by atoms with Crippen molar-refractivity contribution in [1.29, 1.82) is 0 Å². The molecule has 146 valence electrons. The molecule has 4 rings (SSSR count). The summed E-state index contributed by atoms with van der Waals surface area (Å²) < 4.78 is 5.86. The normalized spacial score (nSPS) is 10.8. The third-order valence-electron chi connectivity index (χ3n) is 4.51. The van der Waals surface area contributed by atoms with Crippen LogP contribution in [0.25, 0.3) is 16.6 Å². The van der Waals surface area contributed by atoms with E-state index in [-0.39, 0.29) is 10.6 Å². The third-order valence-corrected chi connectivity index (χ3v) is 4.88. The minimum absolute atomic E-state index is 0.0178. The zero-order valence-corrected chi connectivity index (χ0v) is 16.2. The van der Waals surface area contributed by atoms with Gasteiger partial charge in [-0.2, -0.15) is 9.78 Å². The Labute approximate surface area is 170 Å². The van der Waals surface area contributed by atoms with Gasteiger partial charge in [-0.05, 0) is 29.7 Å². The molecule has 7 nitrogen and oxygen atoms in total. The lowest BCUT2D eigenvalue weighted by molar-refractivity contribution is 0.0600. The van der Waals surface area contributed by atoms with E-state index >= 15 is 0 Å². The van der Waals surface area contributed by atoms with E-state index in [1.807, 2.05) is 30.3 Å². The summed E-state index contributed by atoms with van der Waals surface area (Å²) in [5, 5.41) is 8.39. The highest BCUT2D eigenvalue weighted by atomic mass is 35.5. The fourth-order valence-electron chi connectivity index (χ4n) is 3.09. The van der Waals surface area contributed by atoms with Crippen molar-refractivity contribution >= 4 is 34.2 Å². The van der Waals surface area contributed by atoms with E-state index in [0.717, 1.165) is 21.3 Å². The summed E-state index contributed by atoms with van der Waals surface area (Å²) in [4.78, 5) is 28.1. The summed E-state index contributed by atoms with van der Waals surface area (Å²) in [5.74, 6) is -0.563. The molecule has 0 saturated heterocycles. The number of carbonyl (C=O) groups is 1. The number of anilines is 1. The SMILES string of the molecule is COC(=O)c1ccccc1-n1ncc(NCc2cc3ccccc3[nH]2)c(Cl)c1=O. The Hall–Kier alpha value is -3.58. The molecule has 2 aromatic heterocycles. The number of benzene rings is 2. The predicted molar refractivity (Wildman–Crippen MR) is 112 cm³/mol. The number of para-hydroxylation sites is 2. The van der Waals surface area contributed by atoms with Crippen LogP contribution in [0.2, 0.25) is 5.02 Å².